The quantitative estimate of drug-likeness (QED) is 0.471. The highest BCUT2D eigenvalue weighted by Crippen LogP contribution is 2.29. The highest BCUT2D eigenvalue weighted by Gasteiger charge is 2.27. The van der Waals surface area contributed by atoms with Crippen molar-refractivity contribution in [2.45, 2.75) is 24.3 Å². The van der Waals surface area contributed by atoms with E-state index in [0.717, 1.165) is 11.1 Å². The first-order valence-corrected chi connectivity index (χ1v) is 11.9. The molecule has 0 fully saturated rings. The monoisotopic (exact) mass is 488 g/mol. The maximum Gasteiger partial charge on any atom is 0.242 e. The molecule has 7 nitrogen and oxygen atoms in total. The molecule has 0 aromatic heterocycles. The average molecular weight is 489 g/mol. The lowest BCUT2D eigenvalue weighted by Crippen LogP contribution is -2.45. The minimum absolute atomic E-state index is 0.0515. The van der Waals surface area contributed by atoms with Gasteiger partial charge in [0.2, 0.25) is 15.9 Å². The van der Waals surface area contributed by atoms with Crippen molar-refractivity contribution in [3.8, 4) is 11.5 Å². The van der Waals surface area contributed by atoms with Crippen LogP contribution in [0.5, 0.6) is 11.5 Å². The van der Waals surface area contributed by atoms with Crippen LogP contribution in [0.4, 0.5) is 5.69 Å². The van der Waals surface area contributed by atoms with Crippen molar-refractivity contribution < 1.29 is 22.7 Å². The van der Waals surface area contributed by atoms with E-state index in [4.69, 9.17) is 21.1 Å². The summed E-state index contributed by atoms with van der Waals surface area (Å²) in [6, 6.07) is 17.4. The van der Waals surface area contributed by atoms with Gasteiger partial charge < -0.3 is 14.8 Å². The van der Waals surface area contributed by atoms with Crippen LogP contribution in [0.15, 0.2) is 71.6 Å². The lowest BCUT2D eigenvalue weighted by molar-refractivity contribution is -0.117. The number of halogens is 1. The van der Waals surface area contributed by atoms with Crippen LogP contribution in [-0.4, -0.2) is 34.6 Å². The first-order chi connectivity index (χ1) is 15.7. The van der Waals surface area contributed by atoms with Crippen LogP contribution < -0.4 is 19.5 Å². The van der Waals surface area contributed by atoms with Gasteiger partial charge in [0.25, 0.3) is 0 Å². The third-order valence-corrected chi connectivity index (χ3v) is 6.88. The van der Waals surface area contributed by atoms with Crippen molar-refractivity contribution in [2.75, 3.05) is 19.5 Å². The number of methoxy groups -OCH3 is 2. The van der Waals surface area contributed by atoms with Gasteiger partial charge in [-0.05, 0) is 48.7 Å². The largest absolute Gasteiger partial charge is 0.493 e. The van der Waals surface area contributed by atoms with Crippen molar-refractivity contribution >= 4 is 33.2 Å². The smallest absolute Gasteiger partial charge is 0.242 e. The molecule has 0 aliphatic rings. The molecule has 0 bridgehead atoms. The predicted molar refractivity (Wildman–Crippen MR) is 129 cm³/mol. The molecule has 33 heavy (non-hydrogen) atoms. The first kappa shape index (κ1) is 24.6. The molecule has 0 unspecified atom stereocenters. The van der Waals surface area contributed by atoms with E-state index in [9.17, 15) is 13.2 Å². The van der Waals surface area contributed by atoms with Crippen LogP contribution >= 0.6 is 11.6 Å². The molecule has 0 spiro atoms. The molecule has 2 N–H and O–H groups in total. The second kappa shape index (κ2) is 10.7. The summed E-state index contributed by atoms with van der Waals surface area (Å²) >= 11 is 6.16. The Morgan fingerprint density at radius 1 is 0.970 bits per heavy atom. The summed E-state index contributed by atoms with van der Waals surface area (Å²) in [5.74, 6) is 0.146. The van der Waals surface area contributed by atoms with Crippen LogP contribution in [-0.2, 0) is 21.2 Å². The van der Waals surface area contributed by atoms with Gasteiger partial charge in [-0.15, -0.1) is 0 Å². The summed E-state index contributed by atoms with van der Waals surface area (Å²) in [4.78, 5) is 13.1. The van der Waals surface area contributed by atoms with E-state index in [0.29, 0.717) is 16.5 Å². The normalized spacial score (nSPS) is 12.1. The van der Waals surface area contributed by atoms with E-state index in [1.54, 1.807) is 18.2 Å². The number of benzene rings is 3. The number of sulfonamides is 1. The van der Waals surface area contributed by atoms with Crippen LogP contribution in [0.3, 0.4) is 0 Å². The predicted octanol–water partition coefficient (Wildman–Crippen LogP) is 4.19. The number of anilines is 1. The number of aryl methyl sites for hydroxylation is 1. The molecule has 174 valence electrons. The van der Waals surface area contributed by atoms with Crippen molar-refractivity contribution in [3.05, 3.63) is 82.9 Å². The topological polar surface area (TPSA) is 93.7 Å². The molecule has 3 rings (SSSR count). The number of amides is 1. The van der Waals surface area contributed by atoms with Gasteiger partial charge in [0.05, 0.1) is 19.1 Å². The second-order valence-electron chi connectivity index (χ2n) is 7.33. The lowest BCUT2D eigenvalue weighted by Gasteiger charge is -2.19. The summed E-state index contributed by atoms with van der Waals surface area (Å²) in [5, 5.41) is 3.25. The van der Waals surface area contributed by atoms with E-state index in [1.807, 2.05) is 37.3 Å². The Morgan fingerprint density at radius 3 is 2.30 bits per heavy atom. The molecule has 0 heterocycles. The molecule has 3 aromatic rings. The summed E-state index contributed by atoms with van der Waals surface area (Å²) in [5.41, 5.74) is 2.14. The van der Waals surface area contributed by atoms with Crippen molar-refractivity contribution in [1.29, 1.82) is 0 Å². The van der Waals surface area contributed by atoms with E-state index < -0.39 is 22.0 Å². The molecule has 3 aromatic carbocycles. The molecular weight excluding hydrogens is 464 g/mol. The minimum atomic E-state index is -4.06. The summed E-state index contributed by atoms with van der Waals surface area (Å²) in [6.07, 6.45) is 0.152. The number of hydrogen-bond donors (Lipinski definition) is 2. The van der Waals surface area contributed by atoms with Gasteiger partial charge in [0.1, 0.15) is 6.04 Å². The number of carbonyl (C=O) groups is 1. The third kappa shape index (κ3) is 6.25. The fourth-order valence-corrected chi connectivity index (χ4v) is 4.57. The number of ether oxygens (including phenoxy) is 2. The van der Waals surface area contributed by atoms with Crippen LogP contribution in [0.25, 0.3) is 0 Å². The maximum absolute atomic E-state index is 13.1. The maximum atomic E-state index is 13.1. The van der Waals surface area contributed by atoms with Crippen LogP contribution in [0.1, 0.15) is 11.1 Å². The third-order valence-electron chi connectivity index (χ3n) is 5.00. The first-order valence-electron chi connectivity index (χ1n) is 10.1. The summed E-state index contributed by atoms with van der Waals surface area (Å²) in [6.45, 7) is 1.85. The van der Waals surface area contributed by atoms with Gasteiger partial charge in [0, 0.05) is 16.8 Å². The molecule has 0 radical (unpaired) electrons. The fourth-order valence-electron chi connectivity index (χ4n) is 3.18. The number of nitrogens with one attached hydrogen (secondary N) is 2. The molecule has 0 saturated carbocycles. The van der Waals surface area contributed by atoms with Crippen molar-refractivity contribution in [3.63, 3.8) is 0 Å². The van der Waals surface area contributed by atoms with Gasteiger partial charge in [-0.25, -0.2) is 8.42 Å². The highest BCUT2D eigenvalue weighted by atomic mass is 35.5. The SMILES string of the molecule is COc1ccc(S(=O)(=O)N[C@H](Cc2ccccc2)C(=O)Nc2ccc(C)c(Cl)c2)cc1OC. The fraction of sp³-hybridized carbons (Fsp3) is 0.208. The van der Waals surface area contributed by atoms with Gasteiger partial charge in [-0.2, -0.15) is 4.72 Å². The summed E-state index contributed by atoms with van der Waals surface area (Å²) in [7, 11) is -1.18. The molecule has 9 heteroatoms. The Balaban J connectivity index is 1.90. The van der Waals surface area contributed by atoms with Gasteiger partial charge in [-0.1, -0.05) is 48.0 Å². The Kier molecular flexibility index (Phi) is 7.97. The average Bonchev–Trinajstić information content (AvgIpc) is 2.81. The minimum Gasteiger partial charge on any atom is -0.493 e. The Labute approximate surface area is 198 Å². The van der Waals surface area contributed by atoms with E-state index >= 15 is 0 Å². The standard InChI is InChI=1S/C24H25ClN2O5S/c1-16-9-10-18(14-20(16)25)26-24(28)21(13-17-7-5-4-6-8-17)27-33(29,30)19-11-12-22(31-2)23(15-19)32-3/h4-12,14-15,21,27H,13H2,1-3H3,(H,26,28)/t21-/m1/s1. The molecule has 0 aliphatic carbocycles. The van der Waals surface area contributed by atoms with E-state index in [-0.39, 0.29) is 17.1 Å². The Bertz CT molecular complexity index is 1230. The molecule has 1 amide bonds. The zero-order valence-corrected chi connectivity index (χ0v) is 20.0. The molecule has 1 atom stereocenters. The zero-order chi connectivity index (χ0) is 24.0. The number of carbonyl (C=O) groups excluding carboxylic acids is 1. The molecule has 0 saturated heterocycles. The number of hydrogen-bond acceptors (Lipinski definition) is 5. The van der Waals surface area contributed by atoms with Gasteiger partial charge in [-0.3, -0.25) is 4.79 Å². The van der Waals surface area contributed by atoms with E-state index in [1.165, 1.54) is 32.4 Å². The molecular formula is C24H25ClN2O5S. The van der Waals surface area contributed by atoms with Crippen molar-refractivity contribution in [1.82, 2.24) is 4.72 Å². The van der Waals surface area contributed by atoms with Gasteiger partial charge >= 0.3 is 0 Å². The Hall–Kier alpha value is -3.07. The lowest BCUT2D eigenvalue weighted by atomic mass is 10.1. The van der Waals surface area contributed by atoms with Gasteiger partial charge in [0.15, 0.2) is 11.5 Å². The number of rotatable bonds is 9. The van der Waals surface area contributed by atoms with Crippen LogP contribution in [0.2, 0.25) is 5.02 Å². The second-order valence-corrected chi connectivity index (χ2v) is 9.45. The highest BCUT2D eigenvalue weighted by molar-refractivity contribution is 7.89. The summed E-state index contributed by atoms with van der Waals surface area (Å²) < 4.78 is 39.2. The molecule has 0 aliphatic heterocycles. The van der Waals surface area contributed by atoms with Crippen molar-refractivity contribution in [2.24, 2.45) is 0 Å². The van der Waals surface area contributed by atoms with E-state index in [2.05, 4.69) is 10.0 Å². The zero-order valence-electron chi connectivity index (χ0n) is 18.5. The Morgan fingerprint density at radius 2 is 1.67 bits per heavy atom. The van der Waals surface area contributed by atoms with Crippen LogP contribution in [0, 0.1) is 6.92 Å².